The van der Waals surface area contributed by atoms with Crippen LogP contribution in [0.2, 0.25) is 0 Å². The molecule has 0 aliphatic rings. The summed E-state index contributed by atoms with van der Waals surface area (Å²) in [5, 5.41) is 3.15. The summed E-state index contributed by atoms with van der Waals surface area (Å²) in [6.45, 7) is 3.15. The van der Waals surface area contributed by atoms with E-state index in [0.717, 1.165) is 37.2 Å². The summed E-state index contributed by atoms with van der Waals surface area (Å²) in [5.74, 6) is 0. The van der Waals surface area contributed by atoms with Crippen molar-refractivity contribution in [1.82, 2.24) is 15.2 Å². The summed E-state index contributed by atoms with van der Waals surface area (Å²) in [6.07, 6.45) is 2.53. The largest absolute Gasteiger partial charge is 0.443 e. The van der Waals surface area contributed by atoms with Crippen molar-refractivity contribution in [2.75, 3.05) is 33.7 Å². The van der Waals surface area contributed by atoms with Gasteiger partial charge in [-0.15, -0.1) is 0 Å². The van der Waals surface area contributed by atoms with E-state index < -0.39 is 0 Å². The average Bonchev–Trinajstić information content (AvgIpc) is 2.81. The van der Waals surface area contributed by atoms with E-state index in [1.807, 2.05) is 13.1 Å². The minimum absolute atomic E-state index is 0.875. The second-order valence-electron chi connectivity index (χ2n) is 4.31. The maximum Gasteiger partial charge on any atom is 0.181 e. The molecule has 1 aromatic carbocycles. The van der Waals surface area contributed by atoms with Crippen molar-refractivity contribution in [3.05, 3.63) is 30.2 Å². The Balaban J connectivity index is 1.89. The molecule has 0 fully saturated rings. The minimum Gasteiger partial charge on any atom is -0.443 e. The van der Waals surface area contributed by atoms with Crippen LogP contribution in [-0.2, 0) is 6.42 Å². The van der Waals surface area contributed by atoms with Crippen LogP contribution in [0.15, 0.2) is 29.0 Å². The highest BCUT2D eigenvalue weighted by molar-refractivity contribution is 5.72. The highest BCUT2D eigenvalue weighted by Gasteiger charge is 2.02. The van der Waals surface area contributed by atoms with Crippen LogP contribution in [0.3, 0.4) is 0 Å². The van der Waals surface area contributed by atoms with E-state index in [0.29, 0.717) is 0 Å². The van der Waals surface area contributed by atoms with Crippen LogP contribution in [0.25, 0.3) is 11.1 Å². The van der Waals surface area contributed by atoms with Crippen LogP contribution in [0, 0.1) is 0 Å². The Morgan fingerprint density at radius 2 is 2.24 bits per heavy atom. The predicted molar refractivity (Wildman–Crippen MR) is 69.1 cm³/mol. The fourth-order valence-corrected chi connectivity index (χ4v) is 1.79. The standard InChI is InChI=1S/C13H19N3O/c1-14-6-8-16(2)7-5-11-3-4-12-13(9-11)17-10-15-12/h3-4,9-10,14H,5-8H2,1-2H3. The average molecular weight is 233 g/mol. The van der Waals surface area contributed by atoms with E-state index in [9.17, 15) is 0 Å². The zero-order chi connectivity index (χ0) is 12.1. The second kappa shape index (κ2) is 5.80. The van der Waals surface area contributed by atoms with Crippen molar-refractivity contribution in [3.63, 3.8) is 0 Å². The normalized spacial score (nSPS) is 11.5. The maximum atomic E-state index is 5.30. The molecule has 4 heteroatoms. The van der Waals surface area contributed by atoms with E-state index in [-0.39, 0.29) is 0 Å². The van der Waals surface area contributed by atoms with Crippen LogP contribution >= 0.6 is 0 Å². The van der Waals surface area contributed by atoms with Crippen molar-refractivity contribution in [1.29, 1.82) is 0 Å². The van der Waals surface area contributed by atoms with Gasteiger partial charge < -0.3 is 14.6 Å². The first-order chi connectivity index (χ1) is 8.29. The SMILES string of the molecule is CNCCN(C)CCc1ccc2ncoc2c1. The molecule has 92 valence electrons. The molecule has 0 aliphatic heterocycles. The third-order valence-corrected chi connectivity index (χ3v) is 2.92. The molecular weight excluding hydrogens is 214 g/mol. The number of likely N-dealkylation sites (N-methyl/N-ethyl adjacent to an activating group) is 2. The van der Waals surface area contributed by atoms with Gasteiger partial charge in [-0.1, -0.05) is 6.07 Å². The number of nitrogens with one attached hydrogen (secondary N) is 1. The molecule has 0 atom stereocenters. The van der Waals surface area contributed by atoms with Crippen LogP contribution < -0.4 is 5.32 Å². The van der Waals surface area contributed by atoms with Gasteiger partial charge in [-0.25, -0.2) is 4.98 Å². The Morgan fingerprint density at radius 1 is 1.35 bits per heavy atom. The molecule has 0 amide bonds. The van der Waals surface area contributed by atoms with Gasteiger partial charge in [0.25, 0.3) is 0 Å². The molecule has 2 aromatic rings. The molecule has 0 unspecified atom stereocenters. The molecule has 0 saturated carbocycles. The summed E-state index contributed by atoms with van der Waals surface area (Å²) >= 11 is 0. The number of aromatic nitrogens is 1. The lowest BCUT2D eigenvalue weighted by Crippen LogP contribution is -2.29. The third-order valence-electron chi connectivity index (χ3n) is 2.92. The minimum atomic E-state index is 0.875. The molecule has 4 nitrogen and oxygen atoms in total. The Labute approximate surface area is 102 Å². The molecule has 1 N–H and O–H groups in total. The molecule has 0 saturated heterocycles. The van der Waals surface area contributed by atoms with Gasteiger partial charge in [0.15, 0.2) is 12.0 Å². The van der Waals surface area contributed by atoms with Gasteiger partial charge in [-0.3, -0.25) is 0 Å². The van der Waals surface area contributed by atoms with Crippen molar-refractivity contribution >= 4 is 11.1 Å². The second-order valence-corrected chi connectivity index (χ2v) is 4.31. The van der Waals surface area contributed by atoms with E-state index in [2.05, 4.69) is 34.4 Å². The molecule has 1 aromatic heterocycles. The molecule has 0 radical (unpaired) electrons. The van der Waals surface area contributed by atoms with E-state index >= 15 is 0 Å². The smallest absolute Gasteiger partial charge is 0.181 e. The van der Waals surface area contributed by atoms with E-state index in [1.54, 1.807) is 0 Å². The van der Waals surface area contributed by atoms with Gasteiger partial charge in [0.05, 0.1) is 0 Å². The lowest BCUT2D eigenvalue weighted by molar-refractivity contribution is 0.339. The Hall–Kier alpha value is -1.39. The topological polar surface area (TPSA) is 41.3 Å². The number of oxazole rings is 1. The number of fused-ring (bicyclic) bond motifs is 1. The quantitative estimate of drug-likeness (QED) is 0.821. The van der Waals surface area contributed by atoms with Crippen LogP contribution in [0.5, 0.6) is 0 Å². The third kappa shape index (κ3) is 3.28. The fraction of sp³-hybridized carbons (Fsp3) is 0.462. The maximum absolute atomic E-state index is 5.30. The van der Waals surface area contributed by atoms with E-state index in [1.165, 1.54) is 12.0 Å². The number of hydrogen-bond donors (Lipinski definition) is 1. The van der Waals surface area contributed by atoms with Gasteiger partial charge in [0.2, 0.25) is 0 Å². The van der Waals surface area contributed by atoms with Crippen molar-refractivity contribution < 1.29 is 4.42 Å². The van der Waals surface area contributed by atoms with Crippen molar-refractivity contribution in [2.45, 2.75) is 6.42 Å². The molecule has 1 heterocycles. The zero-order valence-electron chi connectivity index (χ0n) is 10.4. The van der Waals surface area contributed by atoms with Gasteiger partial charge in [0, 0.05) is 19.6 Å². The fourth-order valence-electron chi connectivity index (χ4n) is 1.79. The van der Waals surface area contributed by atoms with E-state index in [4.69, 9.17) is 4.42 Å². The summed E-state index contributed by atoms with van der Waals surface area (Å²) in [6, 6.07) is 6.22. The molecule has 0 bridgehead atoms. The number of nitrogens with zero attached hydrogens (tertiary/aromatic N) is 2. The summed E-state index contributed by atoms with van der Waals surface area (Å²) in [5.41, 5.74) is 3.10. The molecule has 2 rings (SSSR count). The van der Waals surface area contributed by atoms with Crippen LogP contribution in [0.4, 0.5) is 0 Å². The molecular formula is C13H19N3O. The summed E-state index contributed by atoms with van der Waals surface area (Å²) in [7, 11) is 4.12. The Morgan fingerprint density at radius 3 is 3.06 bits per heavy atom. The summed E-state index contributed by atoms with van der Waals surface area (Å²) < 4.78 is 5.30. The first-order valence-electron chi connectivity index (χ1n) is 5.95. The first-order valence-corrected chi connectivity index (χ1v) is 5.95. The lowest BCUT2D eigenvalue weighted by atomic mass is 10.1. The number of benzene rings is 1. The van der Waals surface area contributed by atoms with Crippen LogP contribution in [0.1, 0.15) is 5.56 Å². The molecule has 17 heavy (non-hydrogen) atoms. The van der Waals surface area contributed by atoms with Gasteiger partial charge in [-0.2, -0.15) is 0 Å². The highest BCUT2D eigenvalue weighted by Crippen LogP contribution is 2.14. The van der Waals surface area contributed by atoms with Gasteiger partial charge in [-0.05, 0) is 38.2 Å². The zero-order valence-corrected chi connectivity index (χ0v) is 10.4. The Bertz CT molecular complexity index is 466. The first kappa shape index (κ1) is 12.1. The lowest BCUT2D eigenvalue weighted by Gasteiger charge is -2.15. The van der Waals surface area contributed by atoms with Gasteiger partial charge >= 0.3 is 0 Å². The molecule has 0 spiro atoms. The molecule has 0 aliphatic carbocycles. The number of rotatable bonds is 6. The van der Waals surface area contributed by atoms with Crippen molar-refractivity contribution in [2.24, 2.45) is 0 Å². The van der Waals surface area contributed by atoms with Crippen LogP contribution in [-0.4, -0.2) is 43.6 Å². The predicted octanol–water partition coefficient (Wildman–Crippen LogP) is 1.52. The summed E-state index contributed by atoms with van der Waals surface area (Å²) in [4.78, 5) is 6.43. The van der Waals surface area contributed by atoms with Crippen molar-refractivity contribution in [3.8, 4) is 0 Å². The van der Waals surface area contributed by atoms with Gasteiger partial charge in [0.1, 0.15) is 5.52 Å². The monoisotopic (exact) mass is 233 g/mol. The Kier molecular flexibility index (Phi) is 4.12. The number of hydrogen-bond acceptors (Lipinski definition) is 4. The highest BCUT2D eigenvalue weighted by atomic mass is 16.3.